The third-order valence-corrected chi connectivity index (χ3v) is 5.44. The van der Waals surface area contributed by atoms with Gasteiger partial charge in [-0.2, -0.15) is 0 Å². The van der Waals surface area contributed by atoms with Gasteiger partial charge in [0.1, 0.15) is 6.33 Å². The standard InChI is InChI=1S/C25H26N2O2/c1-3-7-19(14-18-12-13-24(28)25(15-18)29-2)20-8-6-9-21(16-20)27-17-26-22-10-4-5-11-23(22)27/h4-6,8-13,15-17,19,28H,3,7,14H2,1-2H3. The van der Waals surface area contributed by atoms with Gasteiger partial charge in [0.2, 0.25) is 0 Å². The molecule has 4 heteroatoms. The lowest BCUT2D eigenvalue weighted by molar-refractivity contribution is 0.372. The van der Waals surface area contributed by atoms with E-state index in [1.807, 2.05) is 36.7 Å². The summed E-state index contributed by atoms with van der Waals surface area (Å²) in [4.78, 5) is 4.53. The lowest BCUT2D eigenvalue weighted by Gasteiger charge is -2.19. The Balaban J connectivity index is 1.67. The molecular weight excluding hydrogens is 360 g/mol. The van der Waals surface area contributed by atoms with Gasteiger partial charge in [-0.25, -0.2) is 4.98 Å². The first-order valence-electron chi connectivity index (χ1n) is 10.1. The molecule has 0 bridgehead atoms. The van der Waals surface area contributed by atoms with Gasteiger partial charge in [-0.1, -0.05) is 43.7 Å². The Morgan fingerprint density at radius 1 is 1.03 bits per heavy atom. The van der Waals surface area contributed by atoms with Crippen LogP contribution >= 0.6 is 0 Å². The van der Waals surface area contributed by atoms with Crippen molar-refractivity contribution >= 4 is 11.0 Å². The maximum Gasteiger partial charge on any atom is 0.160 e. The number of benzene rings is 3. The summed E-state index contributed by atoms with van der Waals surface area (Å²) in [5.41, 5.74) is 5.71. The number of phenols is 1. The van der Waals surface area contributed by atoms with Gasteiger partial charge in [0.05, 0.1) is 18.1 Å². The van der Waals surface area contributed by atoms with Crippen molar-refractivity contribution in [3.63, 3.8) is 0 Å². The molecule has 4 nitrogen and oxygen atoms in total. The van der Waals surface area contributed by atoms with Crippen molar-refractivity contribution < 1.29 is 9.84 Å². The average molecular weight is 386 g/mol. The third-order valence-electron chi connectivity index (χ3n) is 5.44. The summed E-state index contributed by atoms with van der Waals surface area (Å²) in [5, 5.41) is 9.88. The first-order valence-corrected chi connectivity index (χ1v) is 10.1. The van der Waals surface area contributed by atoms with Crippen LogP contribution in [0.3, 0.4) is 0 Å². The number of hydrogen-bond donors (Lipinski definition) is 1. The molecule has 0 amide bonds. The molecule has 0 radical (unpaired) electrons. The Morgan fingerprint density at radius 3 is 2.72 bits per heavy atom. The minimum absolute atomic E-state index is 0.178. The zero-order valence-corrected chi connectivity index (χ0v) is 16.9. The molecule has 1 heterocycles. The van der Waals surface area contributed by atoms with Crippen molar-refractivity contribution in [2.45, 2.75) is 32.1 Å². The second-order valence-electron chi connectivity index (χ2n) is 7.39. The zero-order valence-electron chi connectivity index (χ0n) is 16.9. The van der Waals surface area contributed by atoms with Crippen molar-refractivity contribution in [3.05, 3.63) is 84.2 Å². The smallest absolute Gasteiger partial charge is 0.160 e. The summed E-state index contributed by atoms with van der Waals surface area (Å²) in [6.45, 7) is 2.22. The monoisotopic (exact) mass is 386 g/mol. The predicted molar refractivity (Wildman–Crippen MR) is 117 cm³/mol. The second-order valence-corrected chi connectivity index (χ2v) is 7.39. The Labute approximate surface area is 171 Å². The van der Waals surface area contributed by atoms with Crippen LogP contribution in [0.25, 0.3) is 16.7 Å². The van der Waals surface area contributed by atoms with E-state index in [0.29, 0.717) is 11.7 Å². The molecule has 148 valence electrons. The highest BCUT2D eigenvalue weighted by Gasteiger charge is 2.15. The molecule has 3 aromatic carbocycles. The number of methoxy groups -OCH3 is 1. The average Bonchev–Trinajstić information content (AvgIpc) is 3.19. The summed E-state index contributed by atoms with van der Waals surface area (Å²) < 4.78 is 7.43. The number of imidazole rings is 1. The van der Waals surface area contributed by atoms with E-state index in [9.17, 15) is 5.11 Å². The van der Waals surface area contributed by atoms with Crippen LogP contribution < -0.4 is 4.74 Å². The largest absolute Gasteiger partial charge is 0.504 e. The molecule has 0 fully saturated rings. The molecule has 29 heavy (non-hydrogen) atoms. The van der Waals surface area contributed by atoms with Crippen LogP contribution in [0.5, 0.6) is 11.5 Å². The van der Waals surface area contributed by atoms with Crippen LogP contribution in [-0.4, -0.2) is 21.8 Å². The van der Waals surface area contributed by atoms with E-state index in [-0.39, 0.29) is 5.75 Å². The fourth-order valence-electron chi connectivity index (χ4n) is 3.96. The van der Waals surface area contributed by atoms with E-state index in [2.05, 4.69) is 46.8 Å². The predicted octanol–water partition coefficient (Wildman–Crippen LogP) is 5.87. The molecule has 0 spiro atoms. The number of fused-ring (bicyclic) bond motifs is 1. The van der Waals surface area contributed by atoms with Crippen molar-refractivity contribution in [2.24, 2.45) is 0 Å². The molecule has 0 saturated carbocycles. The lowest BCUT2D eigenvalue weighted by Crippen LogP contribution is -2.04. The van der Waals surface area contributed by atoms with E-state index in [0.717, 1.165) is 41.5 Å². The topological polar surface area (TPSA) is 47.3 Å². The molecule has 1 atom stereocenters. The number of aromatic nitrogens is 2. The van der Waals surface area contributed by atoms with Crippen LogP contribution in [-0.2, 0) is 6.42 Å². The molecule has 4 aromatic rings. The van der Waals surface area contributed by atoms with Gasteiger partial charge >= 0.3 is 0 Å². The van der Waals surface area contributed by atoms with Gasteiger partial charge in [0.25, 0.3) is 0 Å². The number of para-hydroxylation sites is 2. The fraction of sp³-hybridized carbons (Fsp3) is 0.240. The number of hydrogen-bond acceptors (Lipinski definition) is 3. The highest BCUT2D eigenvalue weighted by atomic mass is 16.5. The molecule has 4 rings (SSSR count). The third kappa shape index (κ3) is 3.97. The van der Waals surface area contributed by atoms with E-state index >= 15 is 0 Å². The zero-order chi connectivity index (χ0) is 20.2. The SMILES string of the molecule is CCCC(Cc1ccc(O)c(OC)c1)c1cccc(-n2cnc3ccccc32)c1. The van der Waals surface area contributed by atoms with Crippen LogP contribution in [0.2, 0.25) is 0 Å². The summed E-state index contributed by atoms with van der Waals surface area (Å²) in [6.07, 6.45) is 5.00. The normalized spacial score (nSPS) is 12.2. The molecule has 1 N–H and O–H groups in total. The molecule has 0 aliphatic heterocycles. The van der Waals surface area contributed by atoms with Gasteiger partial charge in [0, 0.05) is 5.69 Å². The Morgan fingerprint density at radius 2 is 1.90 bits per heavy atom. The number of rotatable bonds is 7. The van der Waals surface area contributed by atoms with Gasteiger partial charge in [-0.05, 0) is 66.3 Å². The highest BCUT2D eigenvalue weighted by molar-refractivity contribution is 5.77. The highest BCUT2D eigenvalue weighted by Crippen LogP contribution is 2.32. The van der Waals surface area contributed by atoms with E-state index in [1.165, 1.54) is 5.56 Å². The van der Waals surface area contributed by atoms with Gasteiger partial charge in [-0.15, -0.1) is 0 Å². The van der Waals surface area contributed by atoms with Crippen molar-refractivity contribution in [3.8, 4) is 17.2 Å². The lowest BCUT2D eigenvalue weighted by atomic mass is 9.88. The fourth-order valence-corrected chi connectivity index (χ4v) is 3.96. The van der Waals surface area contributed by atoms with Gasteiger partial charge < -0.3 is 9.84 Å². The number of ether oxygens (including phenoxy) is 1. The van der Waals surface area contributed by atoms with Crippen LogP contribution in [0.1, 0.15) is 36.8 Å². The molecular formula is C25H26N2O2. The number of phenolic OH excluding ortho intramolecular Hbond substituents is 1. The Hall–Kier alpha value is -3.27. The van der Waals surface area contributed by atoms with E-state index < -0.39 is 0 Å². The van der Waals surface area contributed by atoms with E-state index in [4.69, 9.17) is 4.74 Å². The van der Waals surface area contributed by atoms with Crippen LogP contribution in [0.4, 0.5) is 0 Å². The number of nitrogens with zero attached hydrogens (tertiary/aromatic N) is 2. The van der Waals surface area contributed by atoms with Gasteiger partial charge in [-0.3, -0.25) is 4.57 Å². The molecule has 0 saturated heterocycles. The number of aromatic hydroxyl groups is 1. The van der Waals surface area contributed by atoms with Crippen molar-refractivity contribution in [2.75, 3.05) is 7.11 Å². The van der Waals surface area contributed by atoms with E-state index in [1.54, 1.807) is 13.2 Å². The summed E-state index contributed by atoms with van der Waals surface area (Å²) in [5.74, 6) is 1.10. The van der Waals surface area contributed by atoms with Crippen LogP contribution in [0, 0.1) is 0 Å². The first kappa shape index (κ1) is 19.1. The summed E-state index contributed by atoms with van der Waals surface area (Å²) >= 11 is 0. The van der Waals surface area contributed by atoms with Gasteiger partial charge in [0.15, 0.2) is 11.5 Å². The van der Waals surface area contributed by atoms with Crippen molar-refractivity contribution in [1.82, 2.24) is 9.55 Å². The molecule has 1 unspecified atom stereocenters. The van der Waals surface area contributed by atoms with Crippen LogP contribution in [0.15, 0.2) is 73.1 Å². The maximum absolute atomic E-state index is 9.88. The molecule has 0 aliphatic carbocycles. The summed E-state index contributed by atoms with van der Waals surface area (Å²) in [6, 6.07) is 22.6. The Bertz CT molecular complexity index is 1120. The molecule has 0 aliphatic rings. The molecule has 1 aromatic heterocycles. The van der Waals surface area contributed by atoms with Crippen molar-refractivity contribution in [1.29, 1.82) is 0 Å². The maximum atomic E-state index is 9.88. The minimum atomic E-state index is 0.178. The minimum Gasteiger partial charge on any atom is -0.504 e. The summed E-state index contributed by atoms with van der Waals surface area (Å²) in [7, 11) is 1.58. The Kier molecular flexibility index (Phi) is 5.52. The quantitative estimate of drug-likeness (QED) is 0.432. The first-order chi connectivity index (χ1) is 14.2. The second kappa shape index (κ2) is 8.39.